The van der Waals surface area contributed by atoms with Crippen molar-refractivity contribution < 1.29 is 4.79 Å². The SMILES string of the molecule is Cl.NC(=O)c1[nH]c2ccc(CN3CCCCC3)cc2c1Sc1ccccc1. The number of likely N-dealkylation sites (tertiary alicyclic amines) is 1. The van der Waals surface area contributed by atoms with Crippen molar-refractivity contribution in [2.75, 3.05) is 13.1 Å². The van der Waals surface area contributed by atoms with Gasteiger partial charge in [-0.2, -0.15) is 0 Å². The van der Waals surface area contributed by atoms with E-state index in [1.807, 2.05) is 30.3 Å². The van der Waals surface area contributed by atoms with Crippen molar-refractivity contribution in [2.45, 2.75) is 35.6 Å². The Morgan fingerprint density at radius 3 is 2.52 bits per heavy atom. The minimum absolute atomic E-state index is 0. The molecule has 1 fully saturated rings. The highest BCUT2D eigenvalue weighted by Gasteiger charge is 2.18. The molecular formula is C21H24ClN3OS. The van der Waals surface area contributed by atoms with Gasteiger partial charge in [0.05, 0.1) is 4.90 Å². The van der Waals surface area contributed by atoms with Crippen LogP contribution in [0.4, 0.5) is 0 Å². The zero-order valence-corrected chi connectivity index (χ0v) is 16.7. The van der Waals surface area contributed by atoms with Crippen LogP contribution < -0.4 is 5.73 Å². The lowest BCUT2D eigenvalue weighted by molar-refractivity contribution is 0.0993. The highest BCUT2D eigenvalue weighted by Crippen LogP contribution is 2.37. The van der Waals surface area contributed by atoms with Gasteiger partial charge < -0.3 is 10.7 Å². The van der Waals surface area contributed by atoms with Gasteiger partial charge in [0.25, 0.3) is 5.91 Å². The molecule has 0 radical (unpaired) electrons. The Balaban J connectivity index is 0.00000210. The topological polar surface area (TPSA) is 62.1 Å². The van der Waals surface area contributed by atoms with Crippen molar-refractivity contribution >= 4 is 41.0 Å². The highest BCUT2D eigenvalue weighted by molar-refractivity contribution is 7.99. The van der Waals surface area contributed by atoms with Gasteiger partial charge in [0, 0.05) is 22.3 Å². The maximum atomic E-state index is 12.0. The van der Waals surface area contributed by atoms with Gasteiger partial charge >= 0.3 is 0 Å². The number of H-pyrrole nitrogens is 1. The first-order valence-corrected chi connectivity index (χ1v) is 9.92. The van der Waals surface area contributed by atoms with Crippen LogP contribution in [0.15, 0.2) is 58.3 Å². The van der Waals surface area contributed by atoms with E-state index < -0.39 is 5.91 Å². The van der Waals surface area contributed by atoms with Crippen LogP contribution in [0.1, 0.15) is 35.3 Å². The molecule has 142 valence electrons. The molecule has 1 aromatic heterocycles. The summed E-state index contributed by atoms with van der Waals surface area (Å²) in [4.78, 5) is 19.7. The summed E-state index contributed by atoms with van der Waals surface area (Å²) in [5, 5.41) is 1.07. The van der Waals surface area contributed by atoms with Crippen LogP contribution in [0.2, 0.25) is 0 Å². The first-order valence-electron chi connectivity index (χ1n) is 9.10. The lowest BCUT2D eigenvalue weighted by Gasteiger charge is -2.26. The fourth-order valence-electron chi connectivity index (χ4n) is 3.57. The van der Waals surface area contributed by atoms with Gasteiger partial charge in [-0.15, -0.1) is 12.4 Å². The number of nitrogens with zero attached hydrogens (tertiary/aromatic N) is 1. The summed E-state index contributed by atoms with van der Waals surface area (Å²) >= 11 is 1.59. The monoisotopic (exact) mass is 401 g/mol. The van der Waals surface area contributed by atoms with Gasteiger partial charge in [-0.1, -0.05) is 42.4 Å². The lowest BCUT2D eigenvalue weighted by Crippen LogP contribution is -2.29. The molecular weight excluding hydrogens is 378 g/mol. The highest BCUT2D eigenvalue weighted by atomic mass is 35.5. The van der Waals surface area contributed by atoms with Crippen LogP contribution >= 0.6 is 24.2 Å². The minimum Gasteiger partial charge on any atom is -0.364 e. The maximum absolute atomic E-state index is 12.0. The van der Waals surface area contributed by atoms with Crippen LogP contribution in [-0.4, -0.2) is 28.9 Å². The molecule has 1 saturated heterocycles. The number of amides is 1. The maximum Gasteiger partial charge on any atom is 0.266 e. The second kappa shape index (κ2) is 8.83. The molecule has 0 spiro atoms. The molecule has 3 N–H and O–H groups in total. The number of primary amides is 1. The summed E-state index contributed by atoms with van der Waals surface area (Å²) in [5.74, 6) is -0.419. The van der Waals surface area contributed by atoms with Gasteiger partial charge in [0.1, 0.15) is 5.69 Å². The molecule has 2 aromatic carbocycles. The van der Waals surface area contributed by atoms with Crippen LogP contribution in [0.25, 0.3) is 10.9 Å². The van der Waals surface area contributed by atoms with E-state index in [1.165, 1.54) is 37.9 Å². The van der Waals surface area contributed by atoms with Crippen molar-refractivity contribution in [2.24, 2.45) is 5.73 Å². The summed E-state index contributed by atoms with van der Waals surface area (Å²) in [6.07, 6.45) is 3.91. The molecule has 0 unspecified atom stereocenters. The molecule has 4 rings (SSSR count). The Kier molecular flexibility index (Phi) is 6.47. The quantitative estimate of drug-likeness (QED) is 0.643. The Bertz CT molecular complexity index is 920. The Morgan fingerprint density at radius 1 is 1.07 bits per heavy atom. The average molecular weight is 402 g/mol. The number of fused-ring (bicyclic) bond motifs is 1. The predicted octanol–water partition coefficient (Wildman–Crippen LogP) is 4.83. The largest absolute Gasteiger partial charge is 0.364 e. The zero-order chi connectivity index (χ0) is 17.9. The number of aromatic nitrogens is 1. The van der Waals surface area contributed by atoms with Crippen LogP contribution in [0.5, 0.6) is 0 Å². The Morgan fingerprint density at radius 2 is 1.81 bits per heavy atom. The molecule has 2 heterocycles. The van der Waals surface area contributed by atoms with Crippen molar-refractivity contribution in [1.82, 2.24) is 9.88 Å². The van der Waals surface area contributed by atoms with Crippen LogP contribution in [-0.2, 0) is 6.54 Å². The van der Waals surface area contributed by atoms with Crippen molar-refractivity contribution in [3.8, 4) is 0 Å². The summed E-state index contributed by atoms with van der Waals surface area (Å²) in [6, 6.07) is 16.5. The van der Waals surface area contributed by atoms with Gasteiger partial charge in [0.15, 0.2) is 0 Å². The third-order valence-electron chi connectivity index (χ3n) is 4.88. The summed E-state index contributed by atoms with van der Waals surface area (Å²) in [5.41, 5.74) is 8.36. The summed E-state index contributed by atoms with van der Waals surface area (Å²) < 4.78 is 0. The molecule has 0 bridgehead atoms. The number of carbonyl (C=O) groups is 1. The normalized spacial score (nSPS) is 14.8. The predicted molar refractivity (Wildman–Crippen MR) is 114 cm³/mol. The molecule has 0 aliphatic carbocycles. The molecule has 1 aliphatic heterocycles. The average Bonchev–Trinajstić information content (AvgIpc) is 3.02. The van der Waals surface area contributed by atoms with E-state index in [1.54, 1.807) is 11.8 Å². The Hall–Kier alpha value is -1.95. The standard InChI is InChI=1S/C21H23N3OS.ClH/c22-21(25)19-20(26-16-7-3-1-4-8-16)17-13-15(9-10-18(17)23-19)14-24-11-5-2-6-12-24;/h1,3-4,7-10,13,23H,2,5-6,11-12,14H2,(H2,22,25);1H. The minimum atomic E-state index is -0.419. The van der Waals surface area contributed by atoms with E-state index in [4.69, 9.17) is 5.73 Å². The van der Waals surface area contributed by atoms with Crippen LogP contribution in [0.3, 0.4) is 0 Å². The van der Waals surface area contributed by atoms with Gasteiger partial charge in [-0.25, -0.2) is 0 Å². The molecule has 3 aromatic rings. The van der Waals surface area contributed by atoms with E-state index in [2.05, 4.69) is 28.1 Å². The fraction of sp³-hybridized carbons (Fsp3) is 0.286. The fourth-order valence-corrected chi connectivity index (χ4v) is 4.64. The number of nitrogens with one attached hydrogen (secondary N) is 1. The summed E-state index contributed by atoms with van der Waals surface area (Å²) in [7, 11) is 0. The van der Waals surface area contributed by atoms with Crippen molar-refractivity contribution in [1.29, 1.82) is 0 Å². The van der Waals surface area contributed by atoms with E-state index in [0.29, 0.717) is 5.69 Å². The smallest absolute Gasteiger partial charge is 0.266 e. The number of piperidine rings is 1. The number of hydrogen-bond donors (Lipinski definition) is 2. The Labute approximate surface area is 169 Å². The van der Waals surface area contributed by atoms with Crippen LogP contribution in [0, 0.1) is 0 Å². The third-order valence-corrected chi connectivity index (χ3v) is 6.02. The number of carbonyl (C=O) groups excluding carboxylic acids is 1. The zero-order valence-electron chi connectivity index (χ0n) is 15.1. The molecule has 27 heavy (non-hydrogen) atoms. The summed E-state index contributed by atoms with van der Waals surface area (Å²) in [6.45, 7) is 3.30. The molecule has 4 nitrogen and oxygen atoms in total. The first-order chi connectivity index (χ1) is 12.7. The molecule has 0 atom stereocenters. The molecule has 0 saturated carbocycles. The molecule has 6 heteroatoms. The molecule has 1 aliphatic rings. The van der Waals surface area contributed by atoms with E-state index >= 15 is 0 Å². The number of hydrogen-bond acceptors (Lipinski definition) is 3. The number of benzene rings is 2. The first kappa shape index (κ1) is 19.8. The van der Waals surface area contributed by atoms with Crippen molar-refractivity contribution in [3.63, 3.8) is 0 Å². The van der Waals surface area contributed by atoms with E-state index in [-0.39, 0.29) is 12.4 Å². The number of nitrogens with two attached hydrogens (primary N) is 1. The van der Waals surface area contributed by atoms with E-state index in [9.17, 15) is 4.79 Å². The van der Waals surface area contributed by atoms with Gasteiger partial charge in [-0.05, 0) is 55.8 Å². The number of aromatic amines is 1. The second-order valence-corrected chi connectivity index (χ2v) is 7.91. The van der Waals surface area contributed by atoms with Gasteiger partial charge in [-0.3, -0.25) is 9.69 Å². The van der Waals surface area contributed by atoms with Crippen molar-refractivity contribution in [3.05, 3.63) is 59.8 Å². The molecule has 1 amide bonds. The lowest BCUT2D eigenvalue weighted by atomic mass is 10.1. The second-order valence-electron chi connectivity index (χ2n) is 6.83. The number of rotatable bonds is 5. The van der Waals surface area contributed by atoms with Gasteiger partial charge in [0.2, 0.25) is 0 Å². The van der Waals surface area contributed by atoms with E-state index in [0.717, 1.165) is 27.2 Å². The third kappa shape index (κ3) is 4.49. The number of halogens is 1.